The standard InChI is InChI=1S/C22H18N2.CH2O/c1-4-10-19(11-5-1)22(24-17-16-23-18-24,20-12-6-2-7-13-20)21-14-8-3-9-15-21;1-2/h1-18H;1H2. The number of aromatic nitrogens is 2. The van der Waals surface area contributed by atoms with Crippen LogP contribution in [0.2, 0.25) is 0 Å². The summed E-state index contributed by atoms with van der Waals surface area (Å²) in [6, 6.07) is 31.8. The molecule has 0 N–H and O–H groups in total. The molecule has 1 aromatic heterocycles. The van der Waals surface area contributed by atoms with Crippen molar-refractivity contribution in [2.75, 3.05) is 0 Å². The summed E-state index contributed by atoms with van der Waals surface area (Å²) in [5, 5.41) is 0. The van der Waals surface area contributed by atoms with Crippen LogP contribution in [-0.2, 0) is 10.3 Å². The van der Waals surface area contributed by atoms with Crippen LogP contribution in [0.15, 0.2) is 110 Å². The Morgan fingerprint density at radius 2 is 1.04 bits per heavy atom. The Labute approximate surface area is 153 Å². The monoisotopic (exact) mass is 340 g/mol. The molecule has 128 valence electrons. The number of benzene rings is 3. The second-order valence-electron chi connectivity index (χ2n) is 5.78. The second-order valence-corrected chi connectivity index (χ2v) is 5.78. The molecule has 0 fully saturated rings. The molecule has 0 atom stereocenters. The zero-order chi connectivity index (χ0) is 18.2. The second kappa shape index (κ2) is 8.08. The van der Waals surface area contributed by atoms with Crippen LogP contribution in [-0.4, -0.2) is 16.3 Å². The zero-order valence-electron chi connectivity index (χ0n) is 14.4. The molecule has 4 rings (SSSR count). The van der Waals surface area contributed by atoms with E-state index in [4.69, 9.17) is 4.79 Å². The molecule has 0 saturated heterocycles. The maximum Gasteiger partial charge on any atom is 0.121 e. The fraction of sp³-hybridized carbons (Fsp3) is 0.0435. The minimum Gasteiger partial charge on any atom is -0.319 e. The van der Waals surface area contributed by atoms with Crippen molar-refractivity contribution < 1.29 is 4.79 Å². The van der Waals surface area contributed by atoms with E-state index in [-0.39, 0.29) is 0 Å². The lowest BCUT2D eigenvalue weighted by Crippen LogP contribution is -2.36. The molecule has 0 bridgehead atoms. The first-order valence-corrected chi connectivity index (χ1v) is 8.36. The number of hydrogen-bond donors (Lipinski definition) is 0. The minimum absolute atomic E-state index is 0.444. The molecule has 1 heterocycles. The summed E-state index contributed by atoms with van der Waals surface area (Å²) >= 11 is 0. The van der Waals surface area contributed by atoms with Gasteiger partial charge in [0.25, 0.3) is 0 Å². The third-order valence-corrected chi connectivity index (χ3v) is 4.47. The first kappa shape index (κ1) is 17.4. The van der Waals surface area contributed by atoms with Gasteiger partial charge in [0.1, 0.15) is 12.3 Å². The van der Waals surface area contributed by atoms with Gasteiger partial charge in [0.2, 0.25) is 0 Å². The molecule has 0 aliphatic heterocycles. The van der Waals surface area contributed by atoms with E-state index in [2.05, 4.69) is 101 Å². The average molecular weight is 340 g/mol. The van der Waals surface area contributed by atoms with E-state index in [0.717, 1.165) is 0 Å². The fourth-order valence-electron chi connectivity index (χ4n) is 3.44. The Balaban J connectivity index is 0.000000948. The molecule has 4 aromatic rings. The Morgan fingerprint density at radius 1 is 0.654 bits per heavy atom. The highest BCUT2D eigenvalue weighted by Gasteiger charge is 2.37. The lowest BCUT2D eigenvalue weighted by molar-refractivity contribution is -0.0979. The van der Waals surface area contributed by atoms with Gasteiger partial charge in [-0.15, -0.1) is 0 Å². The Bertz CT molecular complexity index is 808. The molecule has 0 amide bonds. The van der Waals surface area contributed by atoms with Crippen molar-refractivity contribution in [2.45, 2.75) is 5.54 Å². The molecule has 3 heteroatoms. The van der Waals surface area contributed by atoms with Crippen LogP contribution < -0.4 is 0 Å². The molecule has 26 heavy (non-hydrogen) atoms. The first-order valence-electron chi connectivity index (χ1n) is 8.36. The van der Waals surface area contributed by atoms with Crippen LogP contribution in [0, 0.1) is 0 Å². The van der Waals surface area contributed by atoms with Gasteiger partial charge in [-0.25, -0.2) is 4.98 Å². The van der Waals surface area contributed by atoms with Gasteiger partial charge in [-0.1, -0.05) is 91.0 Å². The molecule has 0 radical (unpaired) electrons. The van der Waals surface area contributed by atoms with Crippen LogP contribution in [0.4, 0.5) is 0 Å². The summed E-state index contributed by atoms with van der Waals surface area (Å²) in [6.07, 6.45) is 5.77. The smallest absolute Gasteiger partial charge is 0.121 e. The topological polar surface area (TPSA) is 34.9 Å². The maximum absolute atomic E-state index is 8.00. The lowest BCUT2D eigenvalue weighted by Gasteiger charge is -2.37. The van der Waals surface area contributed by atoms with E-state index in [1.54, 1.807) is 0 Å². The number of carbonyl (C=O) groups excluding carboxylic acids is 1. The summed E-state index contributed by atoms with van der Waals surface area (Å²) < 4.78 is 2.19. The van der Waals surface area contributed by atoms with Crippen LogP contribution >= 0.6 is 0 Å². The number of hydrogen-bond acceptors (Lipinski definition) is 2. The van der Waals surface area contributed by atoms with Gasteiger partial charge in [-0.05, 0) is 16.7 Å². The predicted molar refractivity (Wildman–Crippen MR) is 104 cm³/mol. The highest BCUT2D eigenvalue weighted by molar-refractivity contribution is 5.50. The minimum atomic E-state index is -0.444. The van der Waals surface area contributed by atoms with Crippen LogP contribution in [0.3, 0.4) is 0 Å². The van der Waals surface area contributed by atoms with Crippen molar-refractivity contribution in [2.24, 2.45) is 0 Å². The van der Waals surface area contributed by atoms with Gasteiger partial charge < -0.3 is 9.36 Å². The molecule has 0 unspecified atom stereocenters. The van der Waals surface area contributed by atoms with E-state index >= 15 is 0 Å². The van der Waals surface area contributed by atoms with Crippen LogP contribution in [0.5, 0.6) is 0 Å². The number of rotatable bonds is 4. The number of imidazole rings is 1. The summed E-state index contributed by atoms with van der Waals surface area (Å²) in [5.41, 5.74) is 3.18. The van der Waals surface area contributed by atoms with Crippen LogP contribution in [0.1, 0.15) is 16.7 Å². The van der Waals surface area contributed by atoms with Gasteiger partial charge in [0, 0.05) is 12.4 Å². The van der Waals surface area contributed by atoms with E-state index in [1.165, 1.54) is 16.7 Å². The Hall–Kier alpha value is -3.46. The molecule has 0 aliphatic rings. The van der Waals surface area contributed by atoms with Gasteiger partial charge in [0.15, 0.2) is 0 Å². The Morgan fingerprint density at radius 3 is 1.35 bits per heavy atom. The van der Waals surface area contributed by atoms with Gasteiger partial charge in [-0.2, -0.15) is 0 Å². The summed E-state index contributed by atoms with van der Waals surface area (Å²) in [4.78, 5) is 12.3. The van der Waals surface area contributed by atoms with Gasteiger partial charge in [-0.3, -0.25) is 0 Å². The molecule has 3 nitrogen and oxygen atoms in total. The van der Waals surface area contributed by atoms with Gasteiger partial charge in [0.05, 0.1) is 6.33 Å². The van der Waals surface area contributed by atoms with E-state index < -0.39 is 5.54 Å². The van der Waals surface area contributed by atoms with Crippen molar-refractivity contribution in [1.82, 2.24) is 9.55 Å². The molecular weight excluding hydrogens is 320 g/mol. The van der Waals surface area contributed by atoms with E-state index in [1.807, 2.05) is 25.5 Å². The molecule has 3 aromatic carbocycles. The maximum atomic E-state index is 8.00. The van der Waals surface area contributed by atoms with E-state index in [9.17, 15) is 0 Å². The first-order chi connectivity index (χ1) is 12.9. The molecule has 0 spiro atoms. The molecule has 0 aliphatic carbocycles. The normalized spacial score (nSPS) is 10.6. The van der Waals surface area contributed by atoms with Crippen molar-refractivity contribution in [1.29, 1.82) is 0 Å². The molecular formula is C23H20N2O. The van der Waals surface area contributed by atoms with Crippen molar-refractivity contribution in [3.63, 3.8) is 0 Å². The van der Waals surface area contributed by atoms with Crippen molar-refractivity contribution in [3.8, 4) is 0 Å². The highest BCUT2D eigenvalue weighted by Crippen LogP contribution is 2.40. The summed E-state index contributed by atoms with van der Waals surface area (Å²) in [5.74, 6) is 0. The van der Waals surface area contributed by atoms with Crippen LogP contribution in [0.25, 0.3) is 0 Å². The van der Waals surface area contributed by atoms with Crippen molar-refractivity contribution in [3.05, 3.63) is 126 Å². The third-order valence-electron chi connectivity index (χ3n) is 4.47. The SMILES string of the molecule is C=O.c1ccc(C(c2ccccc2)(c2ccccc2)n2ccnc2)cc1. The van der Waals surface area contributed by atoms with E-state index in [0.29, 0.717) is 0 Å². The number of carbonyl (C=O) groups is 1. The predicted octanol–water partition coefficient (Wildman–Crippen LogP) is 4.54. The zero-order valence-corrected chi connectivity index (χ0v) is 14.4. The van der Waals surface area contributed by atoms with Gasteiger partial charge >= 0.3 is 0 Å². The average Bonchev–Trinajstić information content (AvgIpc) is 3.28. The fourth-order valence-corrected chi connectivity index (χ4v) is 3.44. The molecule has 0 saturated carbocycles. The summed E-state index contributed by atoms with van der Waals surface area (Å²) in [6.45, 7) is 2.00. The van der Waals surface area contributed by atoms with Crippen molar-refractivity contribution >= 4 is 6.79 Å². The quantitative estimate of drug-likeness (QED) is 0.511. The lowest BCUT2D eigenvalue weighted by atomic mass is 9.77. The Kier molecular flexibility index (Phi) is 5.40. The highest BCUT2D eigenvalue weighted by atomic mass is 16.1. The number of nitrogens with zero attached hydrogens (tertiary/aromatic N) is 2. The third kappa shape index (κ3) is 2.95. The largest absolute Gasteiger partial charge is 0.319 e. The summed E-state index contributed by atoms with van der Waals surface area (Å²) in [7, 11) is 0.